The number of fused-ring (bicyclic) bond motifs is 3. The van der Waals surface area contributed by atoms with Gasteiger partial charge >= 0.3 is 5.69 Å². The third-order valence-corrected chi connectivity index (χ3v) is 6.49. The van der Waals surface area contributed by atoms with Crippen molar-refractivity contribution in [2.45, 2.75) is 31.9 Å². The van der Waals surface area contributed by atoms with E-state index in [-0.39, 0.29) is 11.8 Å². The van der Waals surface area contributed by atoms with Crippen LogP contribution in [0.1, 0.15) is 19.3 Å². The Morgan fingerprint density at radius 1 is 1.08 bits per heavy atom. The Kier molecular flexibility index (Phi) is 5.48. The molecule has 0 radical (unpaired) electrons. The van der Waals surface area contributed by atoms with Crippen molar-refractivity contribution in [3.05, 3.63) is 47.5 Å². The van der Waals surface area contributed by atoms with Gasteiger partial charge in [-0.2, -0.15) is 10.1 Å². The van der Waals surface area contributed by atoms with Crippen LogP contribution in [0.2, 0.25) is 0 Å². The molecule has 11 nitrogen and oxygen atoms in total. The van der Waals surface area contributed by atoms with Gasteiger partial charge in [-0.15, -0.1) is 0 Å². The first-order valence-corrected chi connectivity index (χ1v) is 11.9. The average Bonchev–Trinajstić information content (AvgIpc) is 3.63. The third kappa shape index (κ3) is 3.91. The molecular weight excluding hydrogens is 460 g/mol. The van der Waals surface area contributed by atoms with Gasteiger partial charge in [0.25, 0.3) is 0 Å². The highest BCUT2D eigenvalue weighted by Crippen LogP contribution is 2.35. The summed E-state index contributed by atoms with van der Waals surface area (Å²) in [6.45, 7) is 1.23. The first-order chi connectivity index (χ1) is 17.5. The molecule has 0 aromatic carbocycles. The number of ether oxygens (including phenoxy) is 1. The molecule has 1 atom stereocenters. The van der Waals surface area contributed by atoms with Crippen molar-refractivity contribution in [1.29, 1.82) is 0 Å². The number of anilines is 1. The van der Waals surface area contributed by atoms with Crippen LogP contribution in [0.3, 0.4) is 0 Å². The van der Waals surface area contributed by atoms with Gasteiger partial charge in [-0.1, -0.05) is 0 Å². The zero-order valence-electron chi connectivity index (χ0n) is 20.4. The van der Waals surface area contributed by atoms with Crippen LogP contribution >= 0.6 is 0 Å². The van der Waals surface area contributed by atoms with E-state index in [1.54, 1.807) is 38.9 Å². The van der Waals surface area contributed by atoms with E-state index in [0.717, 1.165) is 42.4 Å². The number of hydrogen-bond donors (Lipinski definition) is 0. The van der Waals surface area contributed by atoms with Crippen molar-refractivity contribution in [1.82, 2.24) is 34.3 Å². The summed E-state index contributed by atoms with van der Waals surface area (Å²) in [4.78, 5) is 33.0. The molecule has 1 fully saturated rings. The van der Waals surface area contributed by atoms with Crippen LogP contribution in [0.15, 0.2) is 46.3 Å². The van der Waals surface area contributed by atoms with Gasteiger partial charge in [0.15, 0.2) is 5.58 Å². The minimum atomic E-state index is -0.360. The van der Waals surface area contributed by atoms with E-state index < -0.39 is 0 Å². The van der Waals surface area contributed by atoms with Crippen molar-refractivity contribution in [3.63, 3.8) is 0 Å². The topological polar surface area (TPSA) is 117 Å². The molecule has 1 unspecified atom stereocenters. The van der Waals surface area contributed by atoms with Gasteiger partial charge in [-0.3, -0.25) is 9.25 Å². The second kappa shape index (κ2) is 8.83. The summed E-state index contributed by atoms with van der Waals surface area (Å²) in [6.07, 6.45) is 11.7. The molecule has 6 rings (SSSR count). The van der Waals surface area contributed by atoms with Gasteiger partial charge in [0.1, 0.15) is 11.2 Å². The fraction of sp³-hybridized carbons (Fsp3) is 0.360. The largest absolute Gasteiger partial charge is 0.434 e. The normalized spacial score (nSPS) is 15.8. The van der Waals surface area contributed by atoms with E-state index in [9.17, 15) is 4.79 Å². The summed E-state index contributed by atoms with van der Waals surface area (Å²) >= 11 is 0. The second-order valence-electron chi connectivity index (χ2n) is 9.24. The molecule has 5 aromatic rings. The van der Waals surface area contributed by atoms with E-state index in [4.69, 9.17) is 9.15 Å². The van der Waals surface area contributed by atoms with Crippen LogP contribution in [0.4, 0.5) is 5.95 Å². The molecule has 6 heterocycles. The van der Waals surface area contributed by atoms with Crippen LogP contribution in [0.5, 0.6) is 0 Å². The maximum Gasteiger partial charge on any atom is 0.348 e. The highest BCUT2D eigenvalue weighted by molar-refractivity contribution is 6.06. The highest BCUT2D eigenvalue weighted by Gasteiger charge is 2.23. The molecule has 0 spiro atoms. The van der Waals surface area contributed by atoms with Crippen molar-refractivity contribution in [2.75, 3.05) is 25.6 Å². The maximum atomic E-state index is 13.4. The predicted octanol–water partition coefficient (Wildman–Crippen LogP) is 3.03. The minimum Gasteiger partial charge on any atom is -0.434 e. The first kappa shape index (κ1) is 22.4. The Morgan fingerprint density at radius 3 is 2.58 bits per heavy atom. The molecular formula is C25H26N8O3. The molecule has 184 valence electrons. The fourth-order valence-corrected chi connectivity index (χ4v) is 4.65. The molecule has 1 aliphatic heterocycles. The standard InChI is InChI=1S/C25H26N8O3/c1-31(2)24-27-11-16(12-28-24)20-22-21(33(25(34)30-20)7-6-18-5-4-8-35-18)19-9-15(10-26-23(19)36-22)17-13-29-32(3)14-17/h9-14,18H,4-8H2,1-3H3. The van der Waals surface area contributed by atoms with Crippen LogP contribution in [-0.2, 0) is 18.3 Å². The number of aromatic nitrogens is 7. The molecule has 36 heavy (non-hydrogen) atoms. The van der Waals surface area contributed by atoms with Gasteiger partial charge in [-0.05, 0) is 25.3 Å². The lowest BCUT2D eigenvalue weighted by Crippen LogP contribution is -2.25. The monoisotopic (exact) mass is 486 g/mol. The van der Waals surface area contributed by atoms with Gasteiger partial charge < -0.3 is 14.1 Å². The lowest BCUT2D eigenvalue weighted by Gasteiger charge is -2.13. The van der Waals surface area contributed by atoms with Crippen LogP contribution in [0, 0.1) is 0 Å². The molecule has 0 aliphatic carbocycles. The van der Waals surface area contributed by atoms with Gasteiger partial charge in [0, 0.05) is 75.8 Å². The Hall–Kier alpha value is -4.12. The van der Waals surface area contributed by atoms with Gasteiger partial charge in [0.2, 0.25) is 11.7 Å². The molecule has 11 heteroatoms. The molecule has 0 saturated carbocycles. The molecule has 0 amide bonds. The summed E-state index contributed by atoms with van der Waals surface area (Å²) in [6, 6.07) is 1.99. The quantitative estimate of drug-likeness (QED) is 0.357. The second-order valence-corrected chi connectivity index (χ2v) is 9.24. The van der Waals surface area contributed by atoms with Crippen LogP contribution in [0.25, 0.3) is 44.6 Å². The summed E-state index contributed by atoms with van der Waals surface area (Å²) in [5, 5.41) is 5.01. The molecule has 1 aliphatic rings. The summed E-state index contributed by atoms with van der Waals surface area (Å²) in [7, 11) is 5.60. The van der Waals surface area contributed by atoms with E-state index in [1.807, 2.05) is 33.4 Å². The number of rotatable bonds is 6. The molecule has 0 N–H and O–H groups in total. The Labute approximate surface area is 206 Å². The van der Waals surface area contributed by atoms with Crippen molar-refractivity contribution < 1.29 is 9.15 Å². The zero-order chi connectivity index (χ0) is 24.8. The number of furan rings is 1. The van der Waals surface area contributed by atoms with E-state index >= 15 is 0 Å². The van der Waals surface area contributed by atoms with Crippen LogP contribution in [-0.4, -0.2) is 61.1 Å². The van der Waals surface area contributed by atoms with Crippen molar-refractivity contribution in [2.24, 2.45) is 7.05 Å². The summed E-state index contributed by atoms with van der Waals surface area (Å²) < 4.78 is 15.4. The Balaban J connectivity index is 1.55. The summed E-state index contributed by atoms with van der Waals surface area (Å²) in [5.41, 5.74) is 4.02. The number of pyridine rings is 1. The van der Waals surface area contributed by atoms with E-state index in [2.05, 4.69) is 25.0 Å². The zero-order valence-corrected chi connectivity index (χ0v) is 20.4. The van der Waals surface area contributed by atoms with Crippen molar-refractivity contribution in [3.8, 4) is 22.4 Å². The molecule has 1 saturated heterocycles. The van der Waals surface area contributed by atoms with E-state index in [0.29, 0.717) is 40.6 Å². The van der Waals surface area contributed by atoms with Gasteiger partial charge in [0.05, 0.1) is 17.7 Å². The number of hydrogen-bond acceptors (Lipinski definition) is 9. The smallest absolute Gasteiger partial charge is 0.348 e. The SMILES string of the molecule is CN(C)c1ncc(-c2nc(=O)n(CCC3CCCO3)c3c2oc2ncc(-c4cnn(C)c4)cc23)cn1. The Bertz CT molecular complexity index is 1610. The van der Waals surface area contributed by atoms with E-state index in [1.165, 1.54) is 0 Å². The third-order valence-electron chi connectivity index (χ3n) is 6.49. The number of aryl methyl sites for hydroxylation is 2. The van der Waals surface area contributed by atoms with Gasteiger partial charge in [-0.25, -0.2) is 19.7 Å². The first-order valence-electron chi connectivity index (χ1n) is 11.9. The molecule has 0 bridgehead atoms. The van der Waals surface area contributed by atoms with Crippen molar-refractivity contribution >= 4 is 28.1 Å². The fourth-order valence-electron chi connectivity index (χ4n) is 4.65. The summed E-state index contributed by atoms with van der Waals surface area (Å²) in [5.74, 6) is 0.562. The average molecular weight is 487 g/mol. The van der Waals surface area contributed by atoms with Crippen LogP contribution < -0.4 is 10.6 Å². The highest BCUT2D eigenvalue weighted by atomic mass is 16.5. The number of nitrogens with zero attached hydrogens (tertiary/aromatic N) is 8. The lowest BCUT2D eigenvalue weighted by molar-refractivity contribution is 0.100. The maximum absolute atomic E-state index is 13.4. The minimum absolute atomic E-state index is 0.140. The lowest BCUT2D eigenvalue weighted by atomic mass is 10.1. The Morgan fingerprint density at radius 2 is 1.89 bits per heavy atom. The predicted molar refractivity (Wildman–Crippen MR) is 135 cm³/mol. The molecule has 5 aromatic heterocycles.